The SMILES string of the molecule is COC(CNC(=O)CSc1cc(C)ccc1C)CC(=O)O. The molecule has 2 N–H and O–H groups in total. The average molecular weight is 311 g/mol. The molecular weight excluding hydrogens is 290 g/mol. The van der Waals surface area contributed by atoms with Crippen molar-refractivity contribution in [1.29, 1.82) is 0 Å². The van der Waals surface area contributed by atoms with Gasteiger partial charge in [0.15, 0.2) is 0 Å². The number of hydrogen-bond acceptors (Lipinski definition) is 4. The van der Waals surface area contributed by atoms with Gasteiger partial charge in [-0.15, -0.1) is 11.8 Å². The fourth-order valence-corrected chi connectivity index (χ4v) is 2.67. The second kappa shape index (κ2) is 8.69. The van der Waals surface area contributed by atoms with Gasteiger partial charge in [-0.2, -0.15) is 0 Å². The lowest BCUT2D eigenvalue weighted by Crippen LogP contribution is -2.35. The maximum absolute atomic E-state index is 11.8. The number of rotatable bonds is 8. The zero-order valence-electron chi connectivity index (χ0n) is 12.5. The van der Waals surface area contributed by atoms with Crippen molar-refractivity contribution >= 4 is 23.6 Å². The minimum absolute atomic E-state index is 0.124. The summed E-state index contributed by atoms with van der Waals surface area (Å²) in [5.41, 5.74) is 2.29. The molecule has 1 rings (SSSR count). The number of nitrogens with one attached hydrogen (secondary N) is 1. The van der Waals surface area contributed by atoms with Gasteiger partial charge in [-0.1, -0.05) is 17.7 Å². The maximum Gasteiger partial charge on any atom is 0.306 e. The predicted octanol–water partition coefficient (Wildman–Crippen LogP) is 2.00. The Labute approximate surface area is 129 Å². The third-order valence-corrected chi connectivity index (χ3v) is 4.12. The Morgan fingerprint density at radius 1 is 1.38 bits per heavy atom. The number of carbonyl (C=O) groups is 2. The van der Waals surface area contributed by atoms with Crippen LogP contribution in [0.25, 0.3) is 0 Å². The quantitative estimate of drug-likeness (QED) is 0.718. The Hall–Kier alpha value is -1.53. The van der Waals surface area contributed by atoms with E-state index in [2.05, 4.69) is 11.4 Å². The molecule has 0 saturated carbocycles. The molecule has 1 aromatic rings. The highest BCUT2D eigenvalue weighted by molar-refractivity contribution is 8.00. The number of aryl methyl sites for hydroxylation is 2. The second-order valence-corrected chi connectivity index (χ2v) is 5.83. The van der Waals surface area contributed by atoms with E-state index >= 15 is 0 Å². The number of benzene rings is 1. The topological polar surface area (TPSA) is 75.6 Å². The van der Waals surface area contributed by atoms with Gasteiger partial charge in [0.25, 0.3) is 0 Å². The number of ether oxygens (including phenoxy) is 1. The number of aliphatic carboxylic acids is 1. The van der Waals surface area contributed by atoms with E-state index in [1.807, 2.05) is 26.0 Å². The van der Waals surface area contributed by atoms with Crippen LogP contribution in [0.1, 0.15) is 17.5 Å². The van der Waals surface area contributed by atoms with E-state index in [0.29, 0.717) is 5.75 Å². The van der Waals surface area contributed by atoms with Gasteiger partial charge in [0, 0.05) is 18.6 Å². The van der Waals surface area contributed by atoms with E-state index in [1.165, 1.54) is 18.9 Å². The Balaban J connectivity index is 2.40. The standard InChI is InChI=1S/C15H21NO4S/c1-10-4-5-11(2)13(6-10)21-9-14(17)16-8-12(20-3)7-15(18)19/h4-6,12H,7-9H2,1-3H3,(H,16,17)(H,18,19). The highest BCUT2D eigenvalue weighted by Gasteiger charge is 2.13. The van der Waals surface area contributed by atoms with E-state index < -0.39 is 12.1 Å². The Morgan fingerprint density at radius 3 is 2.71 bits per heavy atom. The minimum atomic E-state index is -0.944. The summed E-state index contributed by atoms with van der Waals surface area (Å²) in [5.74, 6) is -0.775. The van der Waals surface area contributed by atoms with E-state index in [4.69, 9.17) is 9.84 Å². The number of methoxy groups -OCH3 is 1. The molecule has 0 aliphatic carbocycles. The molecule has 116 valence electrons. The smallest absolute Gasteiger partial charge is 0.306 e. The predicted molar refractivity (Wildman–Crippen MR) is 82.7 cm³/mol. The first kappa shape index (κ1) is 17.5. The third-order valence-electron chi connectivity index (χ3n) is 2.96. The second-order valence-electron chi connectivity index (χ2n) is 4.82. The molecular formula is C15H21NO4S. The molecule has 1 atom stereocenters. The van der Waals surface area contributed by atoms with Crippen LogP contribution in [0.3, 0.4) is 0 Å². The summed E-state index contributed by atoms with van der Waals surface area (Å²) in [6.07, 6.45) is -0.627. The molecule has 0 radical (unpaired) electrons. The summed E-state index contributed by atoms with van der Waals surface area (Å²) in [6, 6.07) is 6.12. The molecule has 1 amide bonds. The van der Waals surface area contributed by atoms with Crippen LogP contribution in [0.15, 0.2) is 23.1 Å². The lowest BCUT2D eigenvalue weighted by Gasteiger charge is -2.14. The summed E-state index contributed by atoms with van der Waals surface area (Å²) in [6.45, 7) is 4.22. The normalized spacial score (nSPS) is 12.0. The first-order chi connectivity index (χ1) is 9.92. The molecule has 5 nitrogen and oxygen atoms in total. The molecule has 0 fully saturated rings. The number of carbonyl (C=O) groups excluding carboxylic acids is 1. The largest absolute Gasteiger partial charge is 0.481 e. The van der Waals surface area contributed by atoms with Crippen LogP contribution < -0.4 is 5.32 Å². The van der Waals surface area contributed by atoms with Crippen LogP contribution >= 0.6 is 11.8 Å². The summed E-state index contributed by atoms with van der Waals surface area (Å²) in [4.78, 5) is 23.5. The Bertz CT molecular complexity index is 504. The number of carboxylic acids is 1. The van der Waals surface area contributed by atoms with Crippen LogP contribution in [-0.4, -0.2) is 42.5 Å². The van der Waals surface area contributed by atoms with Gasteiger partial charge in [0.2, 0.25) is 5.91 Å². The zero-order chi connectivity index (χ0) is 15.8. The summed E-state index contributed by atoms with van der Waals surface area (Å²) >= 11 is 1.47. The van der Waals surface area contributed by atoms with E-state index in [0.717, 1.165) is 16.0 Å². The molecule has 0 bridgehead atoms. The van der Waals surface area contributed by atoms with Gasteiger partial charge < -0.3 is 15.2 Å². The van der Waals surface area contributed by atoms with Gasteiger partial charge in [-0.25, -0.2) is 0 Å². The maximum atomic E-state index is 11.8. The molecule has 6 heteroatoms. The summed E-state index contributed by atoms with van der Waals surface area (Å²) in [7, 11) is 1.44. The van der Waals surface area contributed by atoms with Gasteiger partial charge >= 0.3 is 5.97 Å². The number of amides is 1. The highest BCUT2D eigenvalue weighted by atomic mass is 32.2. The van der Waals surface area contributed by atoms with Crippen molar-refractivity contribution in [3.05, 3.63) is 29.3 Å². The summed E-state index contributed by atoms with van der Waals surface area (Å²) < 4.78 is 5.01. The molecule has 0 saturated heterocycles. The molecule has 1 unspecified atom stereocenters. The third kappa shape index (κ3) is 6.64. The molecule has 0 heterocycles. The van der Waals surface area contributed by atoms with Crippen LogP contribution in [0.5, 0.6) is 0 Å². The van der Waals surface area contributed by atoms with E-state index in [1.54, 1.807) is 0 Å². The van der Waals surface area contributed by atoms with Gasteiger partial charge in [0.1, 0.15) is 0 Å². The lowest BCUT2D eigenvalue weighted by molar-refractivity contribution is -0.140. The molecule has 0 aromatic heterocycles. The van der Waals surface area contributed by atoms with Crippen molar-refractivity contribution < 1.29 is 19.4 Å². The van der Waals surface area contributed by atoms with Crippen LogP contribution in [0, 0.1) is 13.8 Å². The van der Waals surface area contributed by atoms with Crippen molar-refractivity contribution in [2.75, 3.05) is 19.4 Å². The van der Waals surface area contributed by atoms with Gasteiger partial charge in [-0.3, -0.25) is 9.59 Å². The number of hydrogen-bond donors (Lipinski definition) is 2. The zero-order valence-corrected chi connectivity index (χ0v) is 13.3. The molecule has 21 heavy (non-hydrogen) atoms. The molecule has 0 spiro atoms. The first-order valence-electron chi connectivity index (χ1n) is 6.63. The summed E-state index contributed by atoms with van der Waals surface area (Å²) in [5, 5.41) is 11.4. The first-order valence-corrected chi connectivity index (χ1v) is 7.62. The van der Waals surface area contributed by atoms with Crippen LogP contribution in [0.4, 0.5) is 0 Å². The number of carboxylic acid groups (broad SMARTS) is 1. The fraction of sp³-hybridized carbons (Fsp3) is 0.467. The lowest BCUT2D eigenvalue weighted by atomic mass is 10.2. The molecule has 0 aliphatic rings. The van der Waals surface area contributed by atoms with Crippen molar-refractivity contribution in [3.63, 3.8) is 0 Å². The van der Waals surface area contributed by atoms with Gasteiger partial charge in [-0.05, 0) is 25.5 Å². The van der Waals surface area contributed by atoms with Crippen LogP contribution in [0.2, 0.25) is 0 Å². The van der Waals surface area contributed by atoms with Crippen molar-refractivity contribution in [1.82, 2.24) is 5.32 Å². The molecule has 1 aromatic carbocycles. The van der Waals surface area contributed by atoms with E-state index in [9.17, 15) is 9.59 Å². The average Bonchev–Trinajstić information content (AvgIpc) is 2.44. The van der Waals surface area contributed by atoms with Crippen molar-refractivity contribution in [2.45, 2.75) is 31.3 Å². The Morgan fingerprint density at radius 2 is 2.10 bits per heavy atom. The van der Waals surface area contributed by atoms with Crippen molar-refractivity contribution in [3.8, 4) is 0 Å². The number of thioether (sulfide) groups is 1. The fourth-order valence-electron chi connectivity index (χ4n) is 1.72. The van der Waals surface area contributed by atoms with Crippen LogP contribution in [-0.2, 0) is 14.3 Å². The van der Waals surface area contributed by atoms with Gasteiger partial charge in [0.05, 0.1) is 18.3 Å². The Kier molecular flexibility index (Phi) is 7.25. The minimum Gasteiger partial charge on any atom is -0.481 e. The van der Waals surface area contributed by atoms with Crippen molar-refractivity contribution in [2.24, 2.45) is 0 Å². The van der Waals surface area contributed by atoms with E-state index in [-0.39, 0.29) is 18.9 Å². The molecule has 0 aliphatic heterocycles. The monoisotopic (exact) mass is 311 g/mol. The highest BCUT2D eigenvalue weighted by Crippen LogP contribution is 2.23.